The number of halogens is 1. The lowest BCUT2D eigenvalue weighted by Crippen LogP contribution is -2.25. The van der Waals surface area contributed by atoms with Gasteiger partial charge < -0.3 is 4.42 Å². The molecule has 2 bridgehead atoms. The van der Waals surface area contributed by atoms with Crippen molar-refractivity contribution < 1.29 is 4.42 Å². The Kier molecular flexibility index (Phi) is 3.12. The maximum atomic E-state index is 6.09. The highest BCUT2D eigenvalue weighted by molar-refractivity contribution is 6.30. The molecule has 116 valence electrons. The Labute approximate surface area is 136 Å². The molecule has 0 spiro atoms. The van der Waals surface area contributed by atoms with Crippen molar-refractivity contribution in [1.29, 1.82) is 0 Å². The average molecular weight is 317 g/mol. The van der Waals surface area contributed by atoms with Gasteiger partial charge in [-0.2, -0.15) is 0 Å². The van der Waals surface area contributed by atoms with E-state index in [1.165, 1.54) is 32.1 Å². The third-order valence-electron chi connectivity index (χ3n) is 5.98. The smallest absolute Gasteiger partial charge is 0.247 e. The third kappa shape index (κ3) is 2.02. The highest BCUT2D eigenvalue weighted by Crippen LogP contribution is 2.65. The van der Waals surface area contributed by atoms with Gasteiger partial charge in [-0.15, -0.1) is 10.2 Å². The number of aromatic nitrogens is 2. The van der Waals surface area contributed by atoms with Crippen LogP contribution >= 0.6 is 11.6 Å². The van der Waals surface area contributed by atoms with Gasteiger partial charge in [0.1, 0.15) is 0 Å². The minimum Gasteiger partial charge on any atom is -0.420 e. The third-order valence-corrected chi connectivity index (χ3v) is 6.22. The molecule has 3 atom stereocenters. The fraction of sp³-hybridized carbons (Fsp3) is 0.556. The minimum atomic E-state index is 0.110. The molecule has 2 aliphatic rings. The summed E-state index contributed by atoms with van der Waals surface area (Å²) in [5.41, 5.74) is 1.46. The summed E-state index contributed by atoms with van der Waals surface area (Å²) in [5.74, 6) is 2.20. The van der Waals surface area contributed by atoms with E-state index >= 15 is 0 Å². The minimum absolute atomic E-state index is 0.110. The maximum absolute atomic E-state index is 6.09. The topological polar surface area (TPSA) is 38.9 Å². The zero-order chi connectivity index (χ0) is 15.4. The first-order valence-electron chi connectivity index (χ1n) is 8.15. The van der Waals surface area contributed by atoms with Crippen molar-refractivity contribution in [3.05, 3.63) is 35.2 Å². The molecule has 0 amide bonds. The van der Waals surface area contributed by atoms with Crippen LogP contribution in [0.15, 0.2) is 28.7 Å². The van der Waals surface area contributed by atoms with E-state index in [0.717, 1.165) is 17.4 Å². The number of rotatable bonds is 3. The van der Waals surface area contributed by atoms with Gasteiger partial charge in [-0.3, -0.25) is 0 Å². The molecule has 2 aromatic rings. The van der Waals surface area contributed by atoms with E-state index < -0.39 is 0 Å². The Morgan fingerprint density at radius 2 is 2.18 bits per heavy atom. The predicted molar refractivity (Wildman–Crippen MR) is 86.8 cm³/mol. The highest BCUT2D eigenvalue weighted by Gasteiger charge is 2.59. The first-order valence-corrected chi connectivity index (χ1v) is 8.52. The summed E-state index contributed by atoms with van der Waals surface area (Å²) >= 11 is 6.06. The molecule has 2 saturated carbocycles. The second-order valence-electron chi connectivity index (χ2n) is 7.34. The summed E-state index contributed by atoms with van der Waals surface area (Å²) in [5, 5.41) is 9.39. The Balaban J connectivity index is 1.68. The van der Waals surface area contributed by atoms with Gasteiger partial charge in [0.15, 0.2) is 0 Å². The van der Waals surface area contributed by atoms with E-state index in [4.69, 9.17) is 16.0 Å². The number of nitrogens with zero attached hydrogens (tertiary/aromatic N) is 2. The first-order chi connectivity index (χ1) is 10.5. The van der Waals surface area contributed by atoms with Crippen molar-refractivity contribution in [2.24, 2.45) is 11.3 Å². The van der Waals surface area contributed by atoms with Crippen LogP contribution in [-0.2, 0) is 5.41 Å². The molecule has 2 aliphatic carbocycles. The Hall–Kier alpha value is -1.35. The fourth-order valence-corrected chi connectivity index (χ4v) is 4.99. The van der Waals surface area contributed by atoms with E-state index in [1.807, 2.05) is 24.3 Å². The molecule has 0 saturated heterocycles. The van der Waals surface area contributed by atoms with Crippen LogP contribution in [0, 0.1) is 11.3 Å². The second kappa shape index (κ2) is 4.82. The highest BCUT2D eigenvalue weighted by atomic mass is 35.5. The van der Waals surface area contributed by atoms with Crippen LogP contribution < -0.4 is 0 Å². The van der Waals surface area contributed by atoms with Crippen LogP contribution in [0.2, 0.25) is 5.02 Å². The van der Waals surface area contributed by atoms with E-state index in [2.05, 4.69) is 24.0 Å². The lowest BCUT2D eigenvalue weighted by molar-refractivity contribution is 0.195. The quantitative estimate of drug-likeness (QED) is 0.776. The molecule has 0 N–H and O–H groups in total. The van der Waals surface area contributed by atoms with Gasteiger partial charge in [0.05, 0.1) is 0 Å². The number of hydrogen-bond acceptors (Lipinski definition) is 3. The Morgan fingerprint density at radius 1 is 1.32 bits per heavy atom. The van der Waals surface area contributed by atoms with Crippen LogP contribution in [-0.4, -0.2) is 10.2 Å². The van der Waals surface area contributed by atoms with Gasteiger partial charge in [0, 0.05) is 16.0 Å². The van der Waals surface area contributed by atoms with Crippen molar-refractivity contribution in [3.63, 3.8) is 0 Å². The molecule has 3 nitrogen and oxygen atoms in total. The molecule has 1 aromatic carbocycles. The van der Waals surface area contributed by atoms with Gasteiger partial charge in [0.2, 0.25) is 11.8 Å². The maximum Gasteiger partial charge on any atom is 0.247 e. The van der Waals surface area contributed by atoms with Crippen LogP contribution in [0.4, 0.5) is 0 Å². The molecule has 2 fully saturated rings. The van der Waals surface area contributed by atoms with Gasteiger partial charge in [-0.05, 0) is 55.2 Å². The van der Waals surface area contributed by atoms with Gasteiger partial charge in [-0.25, -0.2) is 0 Å². The zero-order valence-electron chi connectivity index (χ0n) is 13.1. The second-order valence-corrected chi connectivity index (χ2v) is 7.78. The molecule has 22 heavy (non-hydrogen) atoms. The van der Waals surface area contributed by atoms with E-state index in [-0.39, 0.29) is 5.41 Å². The van der Waals surface area contributed by atoms with Crippen LogP contribution in [0.25, 0.3) is 11.5 Å². The van der Waals surface area contributed by atoms with Crippen LogP contribution in [0.1, 0.15) is 51.8 Å². The average Bonchev–Trinajstić information content (AvgIpc) is 3.18. The predicted octanol–water partition coefficient (Wildman–Crippen LogP) is 5.25. The van der Waals surface area contributed by atoms with Crippen LogP contribution in [0.5, 0.6) is 0 Å². The molecular weight excluding hydrogens is 296 g/mol. The number of hydrogen-bond donors (Lipinski definition) is 0. The molecule has 3 unspecified atom stereocenters. The summed E-state index contributed by atoms with van der Waals surface area (Å²) in [6, 6.07) is 7.60. The zero-order valence-corrected chi connectivity index (χ0v) is 13.9. The fourth-order valence-electron chi connectivity index (χ4n) is 4.80. The first kappa shape index (κ1) is 14.3. The summed E-state index contributed by atoms with van der Waals surface area (Å²) in [6.07, 6.45) is 6.08. The molecule has 0 aliphatic heterocycles. The lowest BCUT2D eigenvalue weighted by Gasteiger charge is -2.31. The normalized spacial score (nSPS) is 33.5. The Morgan fingerprint density at radius 3 is 2.91 bits per heavy atom. The van der Waals surface area contributed by atoms with Gasteiger partial charge in [-0.1, -0.05) is 37.9 Å². The van der Waals surface area contributed by atoms with Crippen molar-refractivity contribution in [2.45, 2.75) is 51.4 Å². The molecular formula is C18H21ClN2O. The largest absolute Gasteiger partial charge is 0.420 e. The molecule has 1 aromatic heterocycles. The summed E-state index contributed by atoms with van der Waals surface area (Å²) in [4.78, 5) is 0. The molecule has 4 heteroatoms. The number of benzene rings is 1. The monoisotopic (exact) mass is 316 g/mol. The van der Waals surface area contributed by atoms with Gasteiger partial charge in [0.25, 0.3) is 0 Å². The number of fused-ring (bicyclic) bond motifs is 2. The summed E-state index contributed by atoms with van der Waals surface area (Å²) in [7, 11) is 0. The molecule has 4 rings (SSSR count). The molecule has 0 radical (unpaired) electrons. The van der Waals surface area contributed by atoms with Gasteiger partial charge >= 0.3 is 0 Å². The summed E-state index contributed by atoms with van der Waals surface area (Å²) < 4.78 is 6.09. The van der Waals surface area contributed by atoms with E-state index in [9.17, 15) is 0 Å². The summed E-state index contributed by atoms with van der Waals surface area (Å²) in [6.45, 7) is 4.74. The van der Waals surface area contributed by atoms with Crippen molar-refractivity contribution >= 4 is 11.6 Å². The van der Waals surface area contributed by atoms with Crippen LogP contribution in [0.3, 0.4) is 0 Å². The molecule has 1 heterocycles. The van der Waals surface area contributed by atoms with E-state index in [0.29, 0.717) is 16.3 Å². The lowest BCUT2D eigenvalue weighted by atomic mass is 9.73. The van der Waals surface area contributed by atoms with Crippen molar-refractivity contribution in [2.75, 3.05) is 0 Å². The standard InChI is InChI=1S/C18H21ClN2O/c1-3-13-10-18(8-7-17(13,2)11-18)16-21-20-15(22-16)12-5-4-6-14(19)9-12/h4-6,9,13H,3,7-8,10-11H2,1-2H3. The SMILES string of the molecule is CCC1CC2(c3nnc(-c4cccc(Cl)c4)o3)CCC1(C)C2. The Bertz CT molecular complexity index is 713. The van der Waals surface area contributed by atoms with E-state index in [1.54, 1.807) is 0 Å². The van der Waals surface area contributed by atoms with Crippen molar-refractivity contribution in [1.82, 2.24) is 10.2 Å². The van der Waals surface area contributed by atoms with Crippen molar-refractivity contribution in [3.8, 4) is 11.5 Å².